The zero-order valence-corrected chi connectivity index (χ0v) is 14.0. The predicted molar refractivity (Wildman–Crippen MR) is 89.3 cm³/mol. The van der Waals surface area contributed by atoms with Gasteiger partial charge < -0.3 is 10.6 Å². The third kappa shape index (κ3) is 4.39. The first-order valence-electron chi connectivity index (χ1n) is 7.34. The molecule has 0 spiro atoms. The highest BCUT2D eigenvalue weighted by Crippen LogP contribution is 2.20. The molecule has 2 aromatic heterocycles. The zero-order valence-electron chi connectivity index (χ0n) is 13.2. The van der Waals surface area contributed by atoms with E-state index in [9.17, 15) is 0 Å². The molecule has 114 valence electrons. The van der Waals surface area contributed by atoms with Crippen LogP contribution >= 0.6 is 11.3 Å². The van der Waals surface area contributed by atoms with Crippen molar-refractivity contribution in [2.45, 2.75) is 40.5 Å². The first kappa shape index (κ1) is 15.7. The number of anilines is 2. The highest BCUT2D eigenvalue weighted by molar-refractivity contribution is 7.09. The van der Waals surface area contributed by atoms with E-state index >= 15 is 0 Å². The summed E-state index contributed by atoms with van der Waals surface area (Å²) in [6.07, 6.45) is 1.99. The standard InChI is InChI=1S/C15H23N5S/c1-5-7-16-14-10(2)15(19-11(3)18-14)17-8-6-13-9-21-12(4)20-13/h9H,5-8H2,1-4H3,(H2,16,17,18,19). The van der Waals surface area contributed by atoms with Crippen LogP contribution in [0.4, 0.5) is 11.6 Å². The van der Waals surface area contributed by atoms with Gasteiger partial charge in [-0.25, -0.2) is 15.0 Å². The lowest BCUT2D eigenvalue weighted by Gasteiger charge is -2.13. The van der Waals surface area contributed by atoms with Crippen molar-refractivity contribution in [1.82, 2.24) is 15.0 Å². The quantitative estimate of drug-likeness (QED) is 0.821. The monoisotopic (exact) mass is 305 g/mol. The average Bonchev–Trinajstić information content (AvgIpc) is 2.86. The third-order valence-corrected chi connectivity index (χ3v) is 3.96. The summed E-state index contributed by atoms with van der Waals surface area (Å²) < 4.78 is 0. The fourth-order valence-electron chi connectivity index (χ4n) is 2.05. The van der Waals surface area contributed by atoms with Gasteiger partial charge in [0.1, 0.15) is 17.5 Å². The first-order valence-corrected chi connectivity index (χ1v) is 8.22. The second kappa shape index (κ2) is 7.36. The maximum absolute atomic E-state index is 4.50. The summed E-state index contributed by atoms with van der Waals surface area (Å²) in [7, 11) is 0. The van der Waals surface area contributed by atoms with Crippen molar-refractivity contribution in [1.29, 1.82) is 0 Å². The van der Waals surface area contributed by atoms with E-state index in [0.717, 1.165) is 59.7 Å². The fraction of sp³-hybridized carbons (Fsp3) is 0.533. The molecular weight excluding hydrogens is 282 g/mol. The van der Waals surface area contributed by atoms with E-state index in [1.54, 1.807) is 11.3 Å². The van der Waals surface area contributed by atoms with E-state index in [0.29, 0.717) is 0 Å². The second-order valence-electron chi connectivity index (χ2n) is 5.05. The Balaban J connectivity index is 2.00. The minimum Gasteiger partial charge on any atom is -0.370 e. The van der Waals surface area contributed by atoms with Crippen molar-refractivity contribution < 1.29 is 0 Å². The lowest BCUT2D eigenvalue weighted by molar-refractivity contribution is 0.927. The van der Waals surface area contributed by atoms with Gasteiger partial charge in [0.15, 0.2) is 0 Å². The van der Waals surface area contributed by atoms with Crippen molar-refractivity contribution in [3.8, 4) is 0 Å². The van der Waals surface area contributed by atoms with Crippen LogP contribution in [0.25, 0.3) is 0 Å². The molecule has 0 aliphatic heterocycles. The smallest absolute Gasteiger partial charge is 0.134 e. The van der Waals surface area contributed by atoms with Crippen molar-refractivity contribution in [2.24, 2.45) is 0 Å². The summed E-state index contributed by atoms with van der Waals surface area (Å²) in [6, 6.07) is 0. The maximum atomic E-state index is 4.50. The van der Waals surface area contributed by atoms with Crippen LogP contribution in [0, 0.1) is 20.8 Å². The number of hydrogen-bond acceptors (Lipinski definition) is 6. The molecule has 0 atom stereocenters. The molecule has 0 fully saturated rings. The van der Waals surface area contributed by atoms with Gasteiger partial charge in [-0.2, -0.15) is 0 Å². The molecule has 21 heavy (non-hydrogen) atoms. The van der Waals surface area contributed by atoms with Gasteiger partial charge in [-0.3, -0.25) is 0 Å². The molecule has 0 saturated carbocycles. The molecule has 0 amide bonds. The van der Waals surface area contributed by atoms with Gasteiger partial charge in [0.25, 0.3) is 0 Å². The van der Waals surface area contributed by atoms with E-state index in [4.69, 9.17) is 0 Å². The first-order chi connectivity index (χ1) is 10.1. The minimum atomic E-state index is 0.784. The Morgan fingerprint density at radius 2 is 1.67 bits per heavy atom. The van der Waals surface area contributed by atoms with E-state index in [2.05, 4.69) is 37.9 Å². The topological polar surface area (TPSA) is 62.7 Å². The molecule has 0 unspecified atom stereocenters. The van der Waals surface area contributed by atoms with E-state index in [1.165, 1.54) is 0 Å². The highest BCUT2D eigenvalue weighted by Gasteiger charge is 2.08. The Morgan fingerprint density at radius 3 is 2.24 bits per heavy atom. The fourth-order valence-corrected chi connectivity index (χ4v) is 2.70. The van der Waals surface area contributed by atoms with Crippen LogP contribution in [-0.4, -0.2) is 28.0 Å². The summed E-state index contributed by atoms with van der Waals surface area (Å²) in [6.45, 7) is 9.90. The third-order valence-electron chi connectivity index (χ3n) is 3.14. The Morgan fingerprint density at radius 1 is 1.00 bits per heavy atom. The summed E-state index contributed by atoms with van der Waals surface area (Å²) in [5, 5.41) is 9.99. The number of rotatable bonds is 7. The largest absolute Gasteiger partial charge is 0.370 e. The molecule has 5 nitrogen and oxygen atoms in total. The molecule has 2 N–H and O–H groups in total. The van der Waals surface area contributed by atoms with Gasteiger partial charge in [-0.05, 0) is 27.2 Å². The van der Waals surface area contributed by atoms with E-state index in [1.807, 2.05) is 20.8 Å². The maximum Gasteiger partial charge on any atom is 0.134 e. The number of aryl methyl sites for hydroxylation is 2. The summed E-state index contributed by atoms with van der Waals surface area (Å²) >= 11 is 1.69. The van der Waals surface area contributed by atoms with Crippen molar-refractivity contribution in [3.63, 3.8) is 0 Å². The molecule has 6 heteroatoms. The molecule has 0 saturated heterocycles. The minimum absolute atomic E-state index is 0.784. The van der Waals surface area contributed by atoms with E-state index in [-0.39, 0.29) is 0 Å². The number of thiazole rings is 1. The van der Waals surface area contributed by atoms with E-state index < -0.39 is 0 Å². The van der Waals surface area contributed by atoms with Crippen LogP contribution in [0.5, 0.6) is 0 Å². The van der Waals surface area contributed by atoms with Gasteiger partial charge in [0.05, 0.1) is 10.7 Å². The molecule has 0 bridgehead atoms. The second-order valence-corrected chi connectivity index (χ2v) is 6.12. The Hall–Kier alpha value is -1.69. The molecule has 0 radical (unpaired) electrons. The van der Waals surface area contributed by atoms with Gasteiger partial charge >= 0.3 is 0 Å². The number of hydrogen-bond donors (Lipinski definition) is 2. The Kier molecular flexibility index (Phi) is 5.50. The van der Waals surface area contributed by atoms with Crippen LogP contribution in [-0.2, 0) is 6.42 Å². The molecular formula is C15H23N5S. The van der Waals surface area contributed by atoms with Crippen LogP contribution in [0.3, 0.4) is 0 Å². The van der Waals surface area contributed by atoms with Gasteiger partial charge in [0.2, 0.25) is 0 Å². The molecule has 2 heterocycles. The van der Waals surface area contributed by atoms with Gasteiger partial charge in [0, 0.05) is 30.5 Å². The van der Waals surface area contributed by atoms with Crippen LogP contribution < -0.4 is 10.6 Å². The molecule has 2 aromatic rings. The predicted octanol–water partition coefficient (Wildman–Crippen LogP) is 3.33. The number of aromatic nitrogens is 3. The van der Waals surface area contributed by atoms with Crippen molar-refractivity contribution >= 4 is 23.0 Å². The molecule has 0 aromatic carbocycles. The molecule has 0 aliphatic carbocycles. The highest BCUT2D eigenvalue weighted by atomic mass is 32.1. The van der Waals surface area contributed by atoms with Crippen LogP contribution in [0.2, 0.25) is 0 Å². The summed E-state index contributed by atoms with van der Waals surface area (Å²) in [5.74, 6) is 2.62. The lowest BCUT2D eigenvalue weighted by Crippen LogP contribution is -2.12. The number of nitrogens with one attached hydrogen (secondary N) is 2. The normalized spacial score (nSPS) is 10.7. The van der Waals surface area contributed by atoms with Gasteiger partial charge in [-0.15, -0.1) is 11.3 Å². The summed E-state index contributed by atoms with van der Waals surface area (Å²) in [5.41, 5.74) is 2.21. The summed E-state index contributed by atoms with van der Waals surface area (Å²) in [4.78, 5) is 13.4. The number of nitrogens with zero attached hydrogens (tertiary/aromatic N) is 3. The van der Waals surface area contributed by atoms with Crippen molar-refractivity contribution in [2.75, 3.05) is 23.7 Å². The molecule has 2 rings (SSSR count). The van der Waals surface area contributed by atoms with Crippen LogP contribution in [0.15, 0.2) is 5.38 Å². The van der Waals surface area contributed by atoms with Crippen LogP contribution in [0.1, 0.15) is 35.4 Å². The lowest BCUT2D eigenvalue weighted by atomic mass is 10.2. The SMILES string of the molecule is CCCNc1nc(C)nc(NCCc2csc(C)n2)c1C. The Labute approximate surface area is 130 Å². The zero-order chi connectivity index (χ0) is 15.2. The average molecular weight is 305 g/mol. The molecule has 0 aliphatic rings. The Bertz CT molecular complexity index is 594. The van der Waals surface area contributed by atoms with Gasteiger partial charge in [-0.1, -0.05) is 6.92 Å². The van der Waals surface area contributed by atoms with Crippen molar-refractivity contribution in [3.05, 3.63) is 27.5 Å².